The summed E-state index contributed by atoms with van der Waals surface area (Å²) in [5.41, 5.74) is 3.39. The largest absolute Gasteiger partial charge is 0.477 e. The van der Waals surface area contributed by atoms with Gasteiger partial charge in [-0.2, -0.15) is 0 Å². The molecule has 0 bridgehead atoms. The van der Waals surface area contributed by atoms with E-state index in [9.17, 15) is 4.79 Å². The number of carbonyl (C=O) groups is 1. The predicted octanol–water partition coefficient (Wildman–Crippen LogP) is 1.98. The van der Waals surface area contributed by atoms with Gasteiger partial charge in [0.25, 0.3) is 0 Å². The van der Waals surface area contributed by atoms with Gasteiger partial charge in [-0.25, -0.2) is 4.79 Å². The molecule has 0 radical (unpaired) electrons. The SMILES string of the molecule is C=C(NOCC(C)Cc1ccccc1)C(=O)O. The molecule has 1 rings (SSSR count). The molecule has 0 heterocycles. The van der Waals surface area contributed by atoms with Crippen molar-refractivity contribution >= 4 is 5.97 Å². The van der Waals surface area contributed by atoms with Gasteiger partial charge >= 0.3 is 5.97 Å². The Morgan fingerprint density at radius 3 is 2.71 bits per heavy atom. The highest BCUT2D eigenvalue weighted by molar-refractivity contribution is 5.84. The van der Waals surface area contributed by atoms with Crippen LogP contribution in [0.5, 0.6) is 0 Å². The number of hydrogen-bond acceptors (Lipinski definition) is 3. The number of benzene rings is 1. The van der Waals surface area contributed by atoms with Crippen LogP contribution in [-0.2, 0) is 16.1 Å². The summed E-state index contributed by atoms with van der Waals surface area (Å²) in [5, 5.41) is 8.54. The standard InChI is InChI=1S/C13H17NO3/c1-10(8-12-6-4-3-5-7-12)9-17-14-11(2)13(15)16/h3-7,10,14H,2,8-9H2,1H3,(H,15,16). The predicted molar refractivity (Wildman–Crippen MR) is 65.2 cm³/mol. The van der Waals surface area contributed by atoms with Crippen molar-refractivity contribution in [3.63, 3.8) is 0 Å². The molecule has 0 amide bonds. The third kappa shape index (κ3) is 5.17. The Morgan fingerprint density at radius 1 is 1.47 bits per heavy atom. The molecule has 4 nitrogen and oxygen atoms in total. The van der Waals surface area contributed by atoms with Gasteiger partial charge in [0.2, 0.25) is 0 Å². The van der Waals surface area contributed by atoms with E-state index in [0.29, 0.717) is 12.5 Å². The second-order valence-corrected chi connectivity index (χ2v) is 3.99. The maximum Gasteiger partial charge on any atom is 0.353 e. The molecular formula is C13H17NO3. The molecule has 4 heteroatoms. The Hall–Kier alpha value is -1.81. The first kappa shape index (κ1) is 13.3. The second-order valence-electron chi connectivity index (χ2n) is 3.99. The quantitative estimate of drug-likeness (QED) is 0.560. The smallest absolute Gasteiger partial charge is 0.353 e. The van der Waals surface area contributed by atoms with Crippen LogP contribution in [0, 0.1) is 5.92 Å². The minimum absolute atomic E-state index is 0.156. The first-order valence-electron chi connectivity index (χ1n) is 5.43. The van der Waals surface area contributed by atoms with Gasteiger partial charge in [0.05, 0.1) is 6.61 Å². The maximum atomic E-state index is 10.4. The number of aliphatic carboxylic acids is 1. The lowest BCUT2D eigenvalue weighted by Gasteiger charge is -2.12. The summed E-state index contributed by atoms with van der Waals surface area (Å²) in [6, 6.07) is 10.1. The summed E-state index contributed by atoms with van der Waals surface area (Å²) in [5.74, 6) is -0.813. The van der Waals surface area contributed by atoms with Crippen LogP contribution in [0.3, 0.4) is 0 Å². The minimum Gasteiger partial charge on any atom is -0.477 e. The van der Waals surface area contributed by atoms with Crippen LogP contribution in [0.15, 0.2) is 42.6 Å². The van der Waals surface area contributed by atoms with Crippen molar-refractivity contribution in [3.8, 4) is 0 Å². The highest BCUT2D eigenvalue weighted by atomic mass is 16.6. The van der Waals surface area contributed by atoms with Crippen molar-refractivity contribution in [1.82, 2.24) is 5.48 Å². The van der Waals surface area contributed by atoms with E-state index in [1.54, 1.807) is 0 Å². The number of hydrogen-bond donors (Lipinski definition) is 2. The van der Waals surface area contributed by atoms with Crippen LogP contribution in [0.4, 0.5) is 0 Å². The molecular weight excluding hydrogens is 218 g/mol. The van der Waals surface area contributed by atoms with Crippen LogP contribution >= 0.6 is 0 Å². The molecule has 2 N–H and O–H groups in total. The monoisotopic (exact) mass is 235 g/mol. The Labute approximate surface area is 101 Å². The van der Waals surface area contributed by atoms with Gasteiger partial charge < -0.3 is 5.11 Å². The topological polar surface area (TPSA) is 58.6 Å². The molecule has 0 saturated carbocycles. The van der Waals surface area contributed by atoms with Gasteiger partial charge in [0.1, 0.15) is 5.70 Å². The number of carboxylic acids is 1. The molecule has 17 heavy (non-hydrogen) atoms. The van der Waals surface area contributed by atoms with Crippen molar-refractivity contribution in [1.29, 1.82) is 0 Å². The molecule has 0 fully saturated rings. The summed E-state index contributed by atoms with van der Waals surface area (Å²) < 4.78 is 0. The molecule has 92 valence electrons. The van der Waals surface area contributed by atoms with Crippen LogP contribution in [0.2, 0.25) is 0 Å². The third-order valence-corrected chi connectivity index (χ3v) is 2.25. The van der Waals surface area contributed by atoms with Gasteiger partial charge in [-0.05, 0) is 17.9 Å². The van der Waals surface area contributed by atoms with Crippen LogP contribution in [0.25, 0.3) is 0 Å². The van der Waals surface area contributed by atoms with E-state index < -0.39 is 5.97 Å². The van der Waals surface area contributed by atoms with E-state index >= 15 is 0 Å². The summed E-state index contributed by atoms with van der Waals surface area (Å²) in [6.45, 7) is 5.77. The zero-order valence-corrected chi connectivity index (χ0v) is 9.85. The molecule has 0 aliphatic carbocycles. The van der Waals surface area contributed by atoms with E-state index in [0.717, 1.165) is 6.42 Å². The average Bonchev–Trinajstić information content (AvgIpc) is 2.30. The van der Waals surface area contributed by atoms with Gasteiger partial charge in [-0.3, -0.25) is 10.3 Å². The first-order chi connectivity index (χ1) is 8.09. The number of hydroxylamine groups is 1. The van der Waals surface area contributed by atoms with Gasteiger partial charge in [0, 0.05) is 0 Å². The third-order valence-electron chi connectivity index (χ3n) is 2.25. The Kier molecular flexibility index (Phi) is 5.23. The van der Waals surface area contributed by atoms with Crippen LogP contribution in [-0.4, -0.2) is 17.7 Å². The van der Waals surface area contributed by atoms with E-state index in [4.69, 9.17) is 9.94 Å². The normalized spacial score (nSPS) is 11.8. The van der Waals surface area contributed by atoms with Crippen molar-refractivity contribution < 1.29 is 14.7 Å². The molecule has 1 aromatic rings. The molecule has 1 atom stereocenters. The Morgan fingerprint density at radius 2 is 2.12 bits per heavy atom. The van der Waals surface area contributed by atoms with Gasteiger partial charge in [0.15, 0.2) is 0 Å². The molecule has 0 aliphatic rings. The molecule has 0 aliphatic heterocycles. The fourth-order valence-corrected chi connectivity index (χ4v) is 1.39. The van der Waals surface area contributed by atoms with Crippen LogP contribution in [0.1, 0.15) is 12.5 Å². The van der Waals surface area contributed by atoms with Crippen molar-refractivity contribution in [2.75, 3.05) is 6.61 Å². The number of rotatable bonds is 7. The molecule has 0 spiro atoms. The summed E-state index contributed by atoms with van der Waals surface area (Å²) in [6.07, 6.45) is 0.891. The highest BCUT2D eigenvalue weighted by Gasteiger charge is 2.06. The summed E-state index contributed by atoms with van der Waals surface area (Å²) >= 11 is 0. The molecule has 0 aromatic heterocycles. The highest BCUT2D eigenvalue weighted by Crippen LogP contribution is 2.08. The minimum atomic E-state index is -1.11. The van der Waals surface area contributed by atoms with Crippen molar-refractivity contribution in [3.05, 3.63) is 48.2 Å². The van der Waals surface area contributed by atoms with Crippen molar-refractivity contribution in [2.45, 2.75) is 13.3 Å². The Balaban J connectivity index is 2.24. The van der Waals surface area contributed by atoms with Gasteiger partial charge in [-0.15, -0.1) is 0 Å². The lowest BCUT2D eigenvalue weighted by molar-refractivity contribution is -0.134. The van der Waals surface area contributed by atoms with E-state index in [1.165, 1.54) is 5.56 Å². The fourth-order valence-electron chi connectivity index (χ4n) is 1.39. The van der Waals surface area contributed by atoms with Crippen LogP contribution < -0.4 is 5.48 Å². The van der Waals surface area contributed by atoms with Gasteiger partial charge in [-0.1, -0.05) is 43.8 Å². The fraction of sp³-hybridized carbons (Fsp3) is 0.308. The Bertz CT molecular complexity index is 376. The maximum absolute atomic E-state index is 10.4. The van der Waals surface area contributed by atoms with E-state index in [-0.39, 0.29) is 5.70 Å². The molecule has 1 unspecified atom stereocenters. The summed E-state index contributed by atoms with van der Waals surface area (Å²) in [4.78, 5) is 15.5. The lowest BCUT2D eigenvalue weighted by Crippen LogP contribution is -2.23. The summed E-state index contributed by atoms with van der Waals surface area (Å²) in [7, 11) is 0. The van der Waals surface area contributed by atoms with E-state index in [2.05, 4.69) is 24.2 Å². The average molecular weight is 235 g/mol. The molecule has 1 aromatic carbocycles. The zero-order chi connectivity index (χ0) is 12.7. The molecule has 0 saturated heterocycles. The van der Waals surface area contributed by atoms with Crippen molar-refractivity contribution in [2.24, 2.45) is 5.92 Å². The number of carboxylic acid groups (broad SMARTS) is 1. The number of nitrogens with one attached hydrogen (secondary N) is 1. The lowest BCUT2D eigenvalue weighted by atomic mass is 10.0. The second kappa shape index (κ2) is 6.70. The van der Waals surface area contributed by atoms with E-state index in [1.807, 2.05) is 25.1 Å². The zero-order valence-electron chi connectivity index (χ0n) is 9.85. The first-order valence-corrected chi connectivity index (χ1v) is 5.43.